The van der Waals surface area contributed by atoms with Crippen LogP contribution in [0.2, 0.25) is 0 Å². The highest BCUT2D eigenvalue weighted by Gasteiger charge is 2.12. The Morgan fingerprint density at radius 1 is 1.32 bits per heavy atom. The predicted molar refractivity (Wildman–Crippen MR) is 86.2 cm³/mol. The minimum atomic E-state index is 0.699. The van der Waals surface area contributed by atoms with E-state index in [1.165, 1.54) is 28.5 Å². The van der Waals surface area contributed by atoms with Crippen LogP contribution in [0.15, 0.2) is 0 Å². The highest BCUT2D eigenvalue weighted by atomic mass is 32.1. The van der Waals surface area contributed by atoms with E-state index in [9.17, 15) is 0 Å². The lowest BCUT2D eigenvalue weighted by molar-refractivity contribution is 0.554. The molecule has 1 heterocycles. The van der Waals surface area contributed by atoms with Gasteiger partial charge in [0.2, 0.25) is 0 Å². The van der Waals surface area contributed by atoms with Gasteiger partial charge in [0.25, 0.3) is 0 Å². The van der Waals surface area contributed by atoms with Crippen LogP contribution < -0.4 is 10.2 Å². The lowest BCUT2D eigenvalue weighted by Gasteiger charge is -2.19. The maximum atomic E-state index is 4.74. The molecular formula is C15H29N3S. The molecule has 19 heavy (non-hydrogen) atoms. The summed E-state index contributed by atoms with van der Waals surface area (Å²) >= 11 is 1.85. The maximum Gasteiger partial charge on any atom is 0.185 e. The van der Waals surface area contributed by atoms with E-state index in [1.54, 1.807) is 0 Å². The predicted octanol–water partition coefficient (Wildman–Crippen LogP) is 3.82. The zero-order valence-electron chi connectivity index (χ0n) is 13.1. The van der Waals surface area contributed by atoms with Crippen LogP contribution >= 0.6 is 11.3 Å². The van der Waals surface area contributed by atoms with Crippen LogP contribution in [0.5, 0.6) is 0 Å². The quantitative estimate of drug-likeness (QED) is 0.746. The molecule has 3 nitrogen and oxygen atoms in total. The van der Waals surface area contributed by atoms with E-state index in [-0.39, 0.29) is 0 Å². The van der Waals surface area contributed by atoms with E-state index in [4.69, 9.17) is 4.98 Å². The third-order valence-electron chi connectivity index (χ3n) is 3.15. The highest BCUT2D eigenvalue weighted by Crippen LogP contribution is 2.26. The van der Waals surface area contributed by atoms with Gasteiger partial charge in [-0.2, -0.15) is 0 Å². The number of hydrogen-bond donors (Lipinski definition) is 1. The van der Waals surface area contributed by atoms with Gasteiger partial charge in [0, 0.05) is 24.5 Å². The number of aryl methyl sites for hydroxylation is 1. The van der Waals surface area contributed by atoms with Crippen LogP contribution in [-0.2, 0) is 6.54 Å². The molecular weight excluding hydrogens is 254 g/mol. The van der Waals surface area contributed by atoms with Crippen LogP contribution in [0, 0.1) is 12.8 Å². The summed E-state index contributed by atoms with van der Waals surface area (Å²) in [6, 6.07) is 0. The van der Waals surface area contributed by atoms with Gasteiger partial charge < -0.3 is 10.2 Å². The largest absolute Gasteiger partial charge is 0.348 e. The van der Waals surface area contributed by atoms with E-state index in [0.29, 0.717) is 5.92 Å². The Bertz CT molecular complexity index is 360. The van der Waals surface area contributed by atoms with Crippen molar-refractivity contribution in [3.05, 3.63) is 10.6 Å². The molecule has 0 saturated heterocycles. The molecule has 1 aromatic heterocycles. The first kappa shape index (κ1) is 16.4. The second kappa shape index (κ2) is 8.54. The topological polar surface area (TPSA) is 28.2 Å². The molecule has 0 aliphatic rings. The standard InChI is InChI=1S/C15H29N3S/c1-6-8-9-18(7-2)15-17-13(5)14(19-15)11-16-10-12(3)4/h12,16H,6-11H2,1-5H3. The van der Waals surface area contributed by atoms with Gasteiger partial charge in [-0.05, 0) is 32.7 Å². The molecule has 0 saturated carbocycles. The van der Waals surface area contributed by atoms with Crippen molar-refractivity contribution < 1.29 is 0 Å². The van der Waals surface area contributed by atoms with Crippen molar-refractivity contribution >= 4 is 16.5 Å². The van der Waals surface area contributed by atoms with Gasteiger partial charge in [0.1, 0.15) is 0 Å². The Hall–Kier alpha value is -0.610. The fourth-order valence-corrected chi connectivity index (χ4v) is 3.04. The molecule has 0 unspecified atom stereocenters. The number of aromatic nitrogens is 1. The number of anilines is 1. The number of nitrogens with zero attached hydrogens (tertiary/aromatic N) is 2. The van der Waals surface area contributed by atoms with Crippen molar-refractivity contribution in [2.45, 2.75) is 54.0 Å². The number of hydrogen-bond acceptors (Lipinski definition) is 4. The van der Waals surface area contributed by atoms with E-state index in [1.807, 2.05) is 11.3 Å². The molecule has 0 radical (unpaired) electrons. The van der Waals surface area contributed by atoms with Gasteiger partial charge >= 0.3 is 0 Å². The van der Waals surface area contributed by atoms with Crippen LogP contribution in [0.4, 0.5) is 5.13 Å². The molecule has 1 N–H and O–H groups in total. The van der Waals surface area contributed by atoms with Gasteiger partial charge in [-0.15, -0.1) is 11.3 Å². The molecule has 0 aliphatic heterocycles. The summed E-state index contributed by atoms with van der Waals surface area (Å²) in [6.07, 6.45) is 2.48. The van der Waals surface area contributed by atoms with Crippen LogP contribution in [0.25, 0.3) is 0 Å². The van der Waals surface area contributed by atoms with Gasteiger partial charge in [-0.25, -0.2) is 4.98 Å². The molecule has 1 rings (SSSR count). The fraction of sp³-hybridized carbons (Fsp3) is 0.800. The number of nitrogens with one attached hydrogen (secondary N) is 1. The van der Waals surface area contributed by atoms with Crippen molar-refractivity contribution in [1.82, 2.24) is 10.3 Å². The SMILES string of the molecule is CCCCN(CC)c1nc(C)c(CNCC(C)C)s1. The average molecular weight is 283 g/mol. The molecule has 0 aromatic carbocycles. The fourth-order valence-electron chi connectivity index (χ4n) is 1.92. The second-order valence-corrected chi connectivity index (χ2v) is 6.53. The summed E-state index contributed by atoms with van der Waals surface area (Å²) in [5, 5.41) is 4.70. The van der Waals surface area contributed by atoms with Crippen molar-refractivity contribution in [2.24, 2.45) is 5.92 Å². The molecule has 110 valence electrons. The molecule has 0 bridgehead atoms. The van der Waals surface area contributed by atoms with Crippen molar-refractivity contribution in [3.63, 3.8) is 0 Å². The summed E-state index contributed by atoms with van der Waals surface area (Å²) in [6.45, 7) is 15.2. The number of unbranched alkanes of at least 4 members (excludes halogenated alkanes) is 1. The summed E-state index contributed by atoms with van der Waals surface area (Å²) in [7, 11) is 0. The second-order valence-electron chi connectivity index (χ2n) is 5.46. The van der Waals surface area contributed by atoms with Gasteiger partial charge in [0.05, 0.1) is 5.69 Å². The van der Waals surface area contributed by atoms with Crippen LogP contribution in [0.1, 0.15) is 51.1 Å². The zero-order valence-corrected chi connectivity index (χ0v) is 13.9. The first-order chi connectivity index (χ1) is 9.08. The summed E-state index contributed by atoms with van der Waals surface area (Å²) in [4.78, 5) is 8.51. The van der Waals surface area contributed by atoms with Gasteiger partial charge in [-0.3, -0.25) is 0 Å². The normalized spacial score (nSPS) is 11.3. The number of rotatable bonds is 9. The highest BCUT2D eigenvalue weighted by molar-refractivity contribution is 7.15. The third-order valence-corrected chi connectivity index (χ3v) is 4.37. The summed E-state index contributed by atoms with van der Waals surface area (Å²) in [5.41, 5.74) is 1.19. The molecule has 0 amide bonds. The van der Waals surface area contributed by atoms with E-state index < -0.39 is 0 Å². The van der Waals surface area contributed by atoms with E-state index >= 15 is 0 Å². The van der Waals surface area contributed by atoms with Crippen LogP contribution in [-0.4, -0.2) is 24.6 Å². The first-order valence-electron chi connectivity index (χ1n) is 7.50. The Morgan fingerprint density at radius 2 is 2.05 bits per heavy atom. The summed E-state index contributed by atoms with van der Waals surface area (Å²) in [5.74, 6) is 0.699. The molecule has 0 aliphatic carbocycles. The first-order valence-corrected chi connectivity index (χ1v) is 8.32. The molecule has 0 spiro atoms. The smallest absolute Gasteiger partial charge is 0.185 e. The minimum absolute atomic E-state index is 0.699. The summed E-state index contributed by atoms with van der Waals surface area (Å²) < 4.78 is 0. The molecule has 0 atom stereocenters. The monoisotopic (exact) mass is 283 g/mol. The molecule has 1 aromatic rings. The Labute approximate surface area is 122 Å². The molecule has 4 heteroatoms. The Morgan fingerprint density at radius 3 is 2.63 bits per heavy atom. The van der Waals surface area contributed by atoms with Crippen molar-refractivity contribution in [2.75, 3.05) is 24.5 Å². The zero-order chi connectivity index (χ0) is 14.3. The van der Waals surface area contributed by atoms with Gasteiger partial charge in [-0.1, -0.05) is 27.2 Å². The van der Waals surface area contributed by atoms with Gasteiger partial charge in [0.15, 0.2) is 5.13 Å². The number of thiazole rings is 1. The van der Waals surface area contributed by atoms with E-state index in [2.05, 4.69) is 44.8 Å². The minimum Gasteiger partial charge on any atom is -0.348 e. The van der Waals surface area contributed by atoms with Crippen molar-refractivity contribution in [3.8, 4) is 0 Å². The van der Waals surface area contributed by atoms with Crippen molar-refractivity contribution in [1.29, 1.82) is 0 Å². The Kier molecular flexibility index (Phi) is 7.39. The Balaban J connectivity index is 2.60. The lowest BCUT2D eigenvalue weighted by Crippen LogP contribution is -2.23. The van der Waals surface area contributed by atoms with E-state index in [0.717, 1.165) is 26.2 Å². The average Bonchev–Trinajstić information content (AvgIpc) is 2.71. The lowest BCUT2D eigenvalue weighted by atomic mass is 10.2. The molecule has 0 fully saturated rings. The third kappa shape index (κ3) is 5.49. The van der Waals surface area contributed by atoms with Crippen LogP contribution in [0.3, 0.4) is 0 Å². The maximum absolute atomic E-state index is 4.74.